The number of nitrogens with zero attached hydrogens (tertiary/aromatic N) is 8. The smallest absolute Gasteiger partial charge is 0.245 e. The van der Waals surface area contributed by atoms with Crippen LogP contribution in [0.3, 0.4) is 0 Å². The normalized spacial score (nSPS) is 16.1. The fourth-order valence-electron chi connectivity index (χ4n) is 5.87. The summed E-state index contributed by atoms with van der Waals surface area (Å²) in [6.07, 6.45) is 8.41. The second-order valence-corrected chi connectivity index (χ2v) is 10.8. The lowest BCUT2D eigenvalue weighted by atomic mass is 9.73. The van der Waals surface area contributed by atoms with E-state index in [-0.39, 0.29) is 11.3 Å². The Morgan fingerprint density at radius 2 is 1.98 bits per heavy atom. The Morgan fingerprint density at radius 3 is 2.83 bits per heavy atom. The van der Waals surface area contributed by atoms with Crippen LogP contribution in [0.15, 0.2) is 74.0 Å². The predicted octanol–water partition coefficient (Wildman–Crippen LogP) is 4.53. The number of fused-ring (bicyclic) bond motifs is 2. The highest BCUT2D eigenvalue weighted by Crippen LogP contribution is 2.41. The van der Waals surface area contributed by atoms with Gasteiger partial charge in [0.1, 0.15) is 35.5 Å². The van der Waals surface area contributed by atoms with Crippen LogP contribution in [0.25, 0.3) is 16.7 Å². The van der Waals surface area contributed by atoms with E-state index in [0.717, 1.165) is 73.0 Å². The van der Waals surface area contributed by atoms with Gasteiger partial charge in [0.2, 0.25) is 5.91 Å². The van der Waals surface area contributed by atoms with Crippen molar-refractivity contribution in [2.45, 2.75) is 19.8 Å². The third-order valence-electron chi connectivity index (χ3n) is 7.91. The molecule has 2 fully saturated rings. The maximum absolute atomic E-state index is 12.2. The Labute approximate surface area is 236 Å². The second-order valence-electron chi connectivity index (χ2n) is 10.8. The van der Waals surface area contributed by atoms with Crippen molar-refractivity contribution in [1.82, 2.24) is 34.4 Å². The lowest BCUT2D eigenvalue weighted by Gasteiger charge is -2.55. The summed E-state index contributed by atoms with van der Waals surface area (Å²) in [6.45, 7) is 8.96. The number of hydrogen-bond acceptors (Lipinski definition) is 9. The summed E-state index contributed by atoms with van der Waals surface area (Å²) in [5.41, 5.74) is 4.14. The third-order valence-corrected chi connectivity index (χ3v) is 7.91. The van der Waals surface area contributed by atoms with E-state index in [0.29, 0.717) is 17.1 Å². The zero-order chi connectivity index (χ0) is 28.0. The lowest BCUT2D eigenvalue weighted by molar-refractivity contribution is -0.130. The van der Waals surface area contributed by atoms with Crippen LogP contribution in [-0.4, -0.2) is 66.5 Å². The molecule has 1 amide bonds. The van der Waals surface area contributed by atoms with E-state index in [2.05, 4.69) is 36.8 Å². The molecule has 1 N–H and O–H groups in total. The zero-order valence-corrected chi connectivity index (χ0v) is 22.7. The first-order valence-electron chi connectivity index (χ1n) is 13.6. The summed E-state index contributed by atoms with van der Waals surface area (Å²) in [7, 11) is 0. The Bertz CT molecular complexity index is 1790. The molecule has 0 aliphatic carbocycles. The molecule has 0 bridgehead atoms. The van der Waals surface area contributed by atoms with Gasteiger partial charge in [0, 0.05) is 49.5 Å². The van der Waals surface area contributed by atoms with Crippen LogP contribution in [0.4, 0.5) is 17.3 Å². The largest absolute Gasteiger partial charge is 0.457 e. The number of hydrogen-bond donors (Lipinski definition) is 1. The molecule has 206 valence electrons. The van der Waals surface area contributed by atoms with Crippen molar-refractivity contribution in [2.24, 2.45) is 5.41 Å². The first-order chi connectivity index (χ1) is 20.0. The first kappa shape index (κ1) is 24.9. The minimum Gasteiger partial charge on any atom is -0.457 e. The molecule has 5 aromatic rings. The van der Waals surface area contributed by atoms with E-state index in [1.54, 1.807) is 10.8 Å². The average Bonchev–Trinajstić information content (AvgIpc) is 3.45. The van der Waals surface area contributed by atoms with E-state index in [1.165, 1.54) is 12.4 Å². The van der Waals surface area contributed by atoms with Gasteiger partial charge in [-0.1, -0.05) is 6.58 Å². The van der Waals surface area contributed by atoms with Gasteiger partial charge in [0.25, 0.3) is 0 Å². The zero-order valence-electron chi connectivity index (χ0n) is 22.7. The second kappa shape index (κ2) is 9.84. The third kappa shape index (κ3) is 4.69. The molecule has 0 radical (unpaired) electrons. The molecule has 6 heterocycles. The van der Waals surface area contributed by atoms with E-state index >= 15 is 0 Å². The van der Waals surface area contributed by atoms with Crippen LogP contribution in [0.2, 0.25) is 0 Å². The molecule has 2 saturated heterocycles. The standard InChI is InChI=1S/C30H29N9O2/c1-3-27(40)37-11-4-10-30(15-37)16-38(17-30)25-8-6-23-28(36-25)29(33-18-31-23)35-21-5-7-24(20(2)13-21)41-22-9-12-39-26(14-22)32-19-34-39/h3,5-9,12-14,18-19H,1,4,10-11,15-17H2,2H3,(H,31,33,35). The molecule has 2 aliphatic heterocycles. The number of carbonyl (C=O) groups excluding carboxylic acids is 1. The molecular formula is C30H29N9O2. The Balaban J connectivity index is 1.08. The molecule has 0 saturated carbocycles. The molecule has 11 nitrogen and oxygen atoms in total. The van der Waals surface area contributed by atoms with E-state index in [1.807, 2.05) is 60.5 Å². The molecule has 1 spiro atoms. The Morgan fingerprint density at radius 1 is 1.07 bits per heavy atom. The van der Waals surface area contributed by atoms with Gasteiger partial charge in [-0.2, -0.15) is 5.10 Å². The van der Waals surface area contributed by atoms with Crippen molar-refractivity contribution in [3.05, 3.63) is 79.5 Å². The van der Waals surface area contributed by atoms with Crippen molar-refractivity contribution in [2.75, 3.05) is 36.4 Å². The summed E-state index contributed by atoms with van der Waals surface area (Å²) < 4.78 is 7.81. The van der Waals surface area contributed by atoms with Crippen LogP contribution in [0.1, 0.15) is 18.4 Å². The van der Waals surface area contributed by atoms with Crippen molar-refractivity contribution in [1.29, 1.82) is 0 Å². The molecule has 7 rings (SSSR count). The minimum absolute atomic E-state index is 0.0161. The predicted molar refractivity (Wildman–Crippen MR) is 156 cm³/mol. The number of piperidine rings is 1. The monoisotopic (exact) mass is 547 g/mol. The number of carbonyl (C=O) groups is 1. The SMILES string of the molecule is C=CC(=O)N1CCCC2(C1)CN(c1ccc3ncnc(Nc4ccc(Oc5ccn6ncnc6c5)c(C)c4)c3n1)C2. The quantitative estimate of drug-likeness (QED) is 0.306. The fourth-order valence-corrected chi connectivity index (χ4v) is 5.87. The first-order valence-corrected chi connectivity index (χ1v) is 13.6. The molecule has 4 aromatic heterocycles. The molecule has 0 atom stereocenters. The van der Waals surface area contributed by atoms with E-state index in [4.69, 9.17) is 9.72 Å². The number of aromatic nitrogens is 6. The highest BCUT2D eigenvalue weighted by atomic mass is 16.5. The number of anilines is 3. The molecule has 1 aromatic carbocycles. The number of ether oxygens (including phenoxy) is 1. The van der Waals surface area contributed by atoms with Gasteiger partial charge in [0.05, 0.1) is 5.52 Å². The fraction of sp³-hybridized carbons (Fsp3) is 0.267. The number of likely N-dealkylation sites (tertiary alicyclic amines) is 1. The lowest BCUT2D eigenvalue weighted by Crippen LogP contribution is -2.63. The highest BCUT2D eigenvalue weighted by molar-refractivity contribution is 5.88. The maximum Gasteiger partial charge on any atom is 0.245 e. The van der Waals surface area contributed by atoms with Gasteiger partial charge in [-0.3, -0.25) is 4.79 Å². The molecule has 41 heavy (non-hydrogen) atoms. The molecule has 2 aliphatic rings. The summed E-state index contributed by atoms with van der Waals surface area (Å²) in [5, 5.41) is 7.54. The molecular weight excluding hydrogens is 518 g/mol. The van der Waals surface area contributed by atoms with Crippen molar-refractivity contribution in [3.63, 3.8) is 0 Å². The number of benzene rings is 1. The van der Waals surface area contributed by atoms with Crippen LogP contribution >= 0.6 is 0 Å². The van der Waals surface area contributed by atoms with Gasteiger partial charge in [-0.25, -0.2) is 24.5 Å². The van der Waals surface area contributed by atoms with Gasteiger partial charge in [0.15, 0.2) is 11.5 Å². The summed E-state index contributed by atoms with van der Waals surface area (Å²) in [4.78, 5) is 34.5. The summed E-state index contributed by atoms with van der Waals surface area (Å²) in [5.74, 6) is 2.97. The Kier molecular flexibility index (Phi) is 5.99. The van der Waals surface area contributed by atoms with Crippen LogP contribution in [0.5, 0.6) is 11.5 Å². The van der Waals surface area contributed by atoms with Gasteiger partial charge >= 0.3 is 0 Å². The summed E-state index contributed by atoms with van der Waals surface area (Å²) in [6, 6.07) is 13.6. The maximum atomic E-state index is 12.2. The van der Waals surface area contributed by atoms with Crippen molar-refractivity contribution < 1.29 is 9.53 Å². The van der Waals surface area contributed by atoms with Crippen LogP contribution in [0, 0.1) is 12.3 Å². The molecule has 0 unspecified atom stereocenters. The van der Waals surface area contributed by atoms with Gasteiger partial charge < -0.3 is 19.9 Å². The van der Waals surface area contributed by atoms with Crippen molar-refractivity contribution >= 4 is 39.9 Å². The minimum atomic E-state index is 0.0161. The Hall–Kier alpha value is -5.06. The number of rotatable bonds is 6. The van der Waals surface area contributed by atoms with E-state index < -0.39 is 0 Å². The van der Waals surface area contributed by atoms with E-state index in [9.17, 15) is 4.79 Å². The van der Waals surface area contributed by atoms with Gasteiger partial charge in [-0.15, -0.1) is 0 Å². The van der Waals surface area contributed by atoms with Crippen molar-refractivity contribution in [3.8, 4) is 11.5 Å². The summed E-state index contributed by atoms with van der Waals surface area (Å²) >= 11 is 0. The van der Waals surface area contributed by atoms with Crippen LogP contribution < -0.4 is 15.0 Å². The average molecular weight is 548 g/mol. The topological polar surface area (TPSA) is 114 Å². The molecule has 11 heteroatoms. The number of aryl methyl sites for hydroxylation is 1. The van der Waals surface area contributed by atoms with Gasteiger partial charge in [-0.05, 0) is 67.8 Å². The number of pyridine rings is 2. The highest BCUT2D eigenvalue weighted by Gasteiger charge is 2.46. The number of nitrogens with one attached hydrogen (secondary N) is 1. The number of amides is 1. The van der Waals surface area contributed by atoms with Crippen LogP contribution in [-0.2, 0) is 4.79 Å².